The fourth-order valence-corrected chi connectivity index (χ4v) is 1.85. The Morgan fingerprint density at radius 3 is 2.56 bits per heavy atom. The van der Waals surface area contributed by atoms with Gasteiger partial charge in [-0.05, 0) is 25.3 Å². The molecule has 0 aliphatic rings. The second kappa shape index (κ2) is 5.88. The van der Waals surface area contributed by atoms with Crippen LogP contribution in [0.1, 0.15) is 17.3 Å². The van der Waals surface area contributed by atoms with Gasteiger partial charge in [-0.3, -0.25) is 4.79 Å². The lowest BCUT2D eigenvalue weighted by Gasteiger charge is -2.18. The van der Waals surface area contributed by atoms with Gasteiger partial charge in [0.05, 0.1) is 12.1 Å². The van der Waals surface area contributed by atoms with Crippen molar-refractivity contribution in [2.24, 2.45) is 0 Å². The maximum Gasteiger partial charge on any atom is 0.337 e. The van der Waals surface area contributed by atoms with Crippen molar-refractivity contribution in [3.8, 4) is 0 Å². The molecule has 0 heterocycles. The van der Waals surface area contributed by atoms with E-state index in [1.807, 2.05) is 12.3 Å². The van der Waals surface area contributed by atoms with E-state index in [1.54, 1.807) is 18.2 Å². The van der Waals surface area contributed by atoms with Crippen LogP contribution in [0.5, 0.6) is 0 Å². The van der Waals surface area contributed by atoms with Gasteiger partial charge in [-0.15, -0.1) is 11.8 Å². The normalized spacial score (nSPS) is 13.7. The van der Waals surface area contributed by atoms with Gasteiger partial charge in [0.25, 0.3) is 5.91 Å². The highest BCUT2D eigenvalue weighted by molar-refractivity contribution is 7.98. The summed E-state index contributed by atoms with van der Waals surface area (Å²) in [6.45, 7) is 0.792. The largest absolute Gasteiger partial charge is 0.479 e. The highest BCUT2D eigenvalue weighted by Crippen LogP contribution is 2.19. The summed E-state index contributed by atoms with van der Waals surface area (Å²) < 4.78 is 0. The van der Waals surface area contributed by atoms with E-state index in [1.165, 1.54) is 11.8 Å². The Hall–Kier alpha value is -1.53. The zero-order chi connectivity index (χ0) is 13.8. The third kappa shape index (κ3) is 3.48. The summed E-state index contributed by atoms with van der Waals surface area (Å²) in [5.41, 5.74) is -1.50. The summed E-state index contributed by atoms with van der Waals surface area (Å²) in [7, 11) is 0. The van der Waals surface area contributed by atoms with Crippen molar-refractivity contribution >= 4 is 23.6 Å². The Balaban J connectivity index is 2.75. The van der Waals surface area contributed by atoms with E-state index in [9.17, 15) is 14.7 Å². The molecule has 0 fully saturated rings. The third-order valence-corrected chi connectivity index (χ3v) is 3.20. The van der Waals surface area contributed by atoms with Crippen LogP contribution >= 0.6 is 11.8 Å². The summed E-state index contributed by atoms with van der Waals surface area (Å²) in [4.78, 5) is 23.3. The van der Waals surface area contributed by atoms with Crippen molar-refractivity contribution in [2.75, 3.05) is 12.8 Å². The molecule has 1 atom stereocenters. The summed E-state index contributed by atoms with van der Waals surface area (Å²) in [5.74, 6) is -1.78. The van der Waals surface area contributed by atoms with Crippen molar-refractivity contribution in [2.45, 2.75) is 17.4 Å². The number of rotatable bonds is 5. The number of benzene rings is 1. The molecule has 0 aromatic heterocycles. The molecule has 0 bridgehead atoms. The smallest absolute Gasteiger partial charge is 0.337 e. The van der Waals surface area contributed by atoms with Gasteiger partial charge in [-0.2, -0.15) is 0 Å². The fraction of sp³-hybridized carbons (Fsp3) is 0.333. The predicted octanol–water partition coefficient (Wildman–Crippen LogP) is 0.974. The van der Waals surface area contributed by atoms with Gasteiger partial charge in [0, 0.05) is 4.90 Å². The molecule has 1 aromatic carbocycles. The summed E-state index contributed by atoms with van der Waals surface area (Å²) in [6.07, 6.45) is 1.85. The molecule has 1 aromatic rings. The van der Waals surface area contributed by atoms with Crippen LogP contribution < -0.4 is 5.32 Å². The van der Waals surface area contributed by atoms with Gasteiger partial charge in [0.1, 0.15) is 0 Å². The molecule has 18 heavy (non-hydrogen) atoms. The minimum Gasteiger partial charge on any atom is -0.479 e. The maximum atomic E-state index is 11.9. The first-order chi connectivity index (χ1) is 8.38. The quantitative estimate of drug-likeness (QED) is 0.693. The molecular formula is C12H15NO4S. The standard InChI is InChI=1S/C12H15NO4S/c1-12(17,11(15)16)7-13-10(14)8-5-3-4-6-9(8)18-2/h3-6,17H,7H2,1-2H3,(H,13,14)(H,15,16). The molecule has 0 aliphatic heterocycles. The lowest BCUT2D eigenvalue weighted by Crippen LogP contribution is -2.46. The Labute approximate surface area is 109 Å². The average molecular weight is 269 g/mol. The molecule has 1 unspecified atom stereocenters. The lowest BCUT2D eigenvalue weighted by molar-refractivity contribution is -0.155. The van der Waals surface area contributed by atoms with Crippen molar-refractivity contribution < 1.29 is 19.8 Å². The van der Waals surface area contributed by atoms with Crippen molar-refractivity contribution in [1.29, 1.82) is 0 Å². The predicted molar refractivity (Wildman–Crippen MR) is 68.8 cm³/mol. The van der Waals surface area contributed by atoms with Crippen LogP contribution in [-0.2, 0) is 4.79 Å². The van der Waals surface area contributed by atoms with Gasteiger partial charge in [0.15, 0.2) is 5.60 Å². The van der Waals surface area contributed by atoms with Crippen LogP contribution in [0.4, 0.5) is 0 Å². The second-order valence-electron chi connectivity index (χ2n) is 3.96. The van der Waals surface area contributed by atoms with Gasteiger partial charge in [-0.25, -0.2) is 4.79 Å². The van der Waals surface area contributed by atoms with Crippen LogP contribution in [0.15, 0.2) is 29.2 Å². The first kappa shape index (κ1) is 14.5. The van der Waals surface area contributed by atoms with Crippen LogP contribution in [0.2, 0.25) is 0 Å². The monoisotopic (exact) mass is 269 g/mol. The number of carbonyl (C=O) groups excluding carboxylic acids is 1. The van der Waals surface area contributed by atoms with Gasteiger partial charge in [0.2, 0.25) is 0 Å². The minimum absolute atomic E-state index is 0.343. The SMILES string of the molecule is CSc1ccccc1C(=O)NCC(C)(O)C(=O)O. The van der Waals surface area contributed by atoms with E-state index in [2.05, 4.69) is 5.32 Å². The molecule has 0 saturated carbocycles. The molecule has 3 N–H and O–H groups in total. The van der Waals surface area contributed by atoms with Gasteiger partial charge in [-0.1, -0.05) is 12.1 Å². The number of hydrogen-bond donors (Lipinski definition) is 3. The lowest BCUT2D eigenvalue weighted by atomic mass is 10.1. The molecule has 1 amide bonds. The second-order valence-corrected chi connectivity index (χ2v) is 4.81. The molecule has 98 valence electrons. The highest BCUT2D eigenvalue weighted by Gasteiger charge is 2.30. The van der Waals surface area contributed by atoms with E-state index < -0.39 is 17.5 Å². The van der Waals surface area contributed by atoms with E-state index in [0.717, 1.165) is 11.8 Å². The molecule has 6 heteroatoms. The fourth-order valence-electron chi connectivity index (χ4n) is 1.26. The minimum atomic E-state index is -1.97. The Bertz CT molecular complexity index is 459. The zero-order valence-electron chi connectivity index (χ0n) is 10.1. The first-order valence-corrected chi connectivity index (χ1v) is 6.48. The molecular weight excluding hydrogens is 254 g/mol. The first-order valence-electron chi connectivity index (χ1n) is 5.25. The van der Waals surface area contributed by atoms with E-state index >= 15 is 0 Å². The molecule has 0 spiro atoms. The average Bonchev–Trinajstić information content (AvgIpc) is 2.35. The number of carboxylic acid groups (broad SMARTS) is 1. The molecule has 0 saturated heterocycles. The van der Waals surface area contributed by atoms with Gasteiger partial charge < -0.3 is 15.5 Å². The van der Waals surface area contributed by atoms with E-state index in [4.69, 9.17) is 5.11 Å². The molecule has 0 radical (unpaired) electrons. The van der Waals surface area contributed by atoms with E-state index in [-0.39, 0.29) is 6.54 Å². The van der Waals surface area contributed by atoms with Crippen molar-refractivity contribution in [3.63, 3.8) is 0 Å². The van der Waals surface area contributed by atoms with E-state index in [0.29, 0.717) is 5.56 Å². The molecule has 5 nitrogen and oxygen atoms in total. The highest BCUT2D eigenvalue weighted by atomic mass is 32.2. The van der Waals surface area contributed by atoms with Crippen LogP contribution in [0.25, 0.3) is 0 Å². The number of aliphatic carboxylic acids is 1. The number of carbonyl (C=O) groups is 2. The third-order valence-electron chi connectivity index (χ3n) is 2.41. The summed E-state index contributed by atoms with van der Waals surface area (Å²) >= 11 is 1.42. The van der Waals surface area contributed by atoms with Crippen LogP contribution in [-0.4, -0.2) is 40.5 Å². The zero-order valence-corrected chi connectivity index (χ0v) is 11.0. The van der Waals surface area contributed by atoms with Gasteiger partial charge >= 0.3 is 5.97 Å². The van der Waals surface area contributed by atoms with Crippen molar-refractivity contribution in [3.05, 3.63) is 29.8 Å². The van der Waals surface area contributed by atoms with Crippen LogP contribution in [0, 0.1) is 0 Å². The Morgan fingerprint density at radius 2 is 2.00 bits per heavy atom. The summed E-state index contributed by atoms with van der Waals surface area (Å²) in [5, 5.41) is 20.6. The number of nitrogens with one attached hydrogen (secondary N) is 1. The number of hydrogen-bond acceptors (Lipinski definition) is 4. The summed E-state index contributed by atoms with van der Waals surface area (Å²) in [6, 6.07) is 6.99. The number of thioether (sulfide) groups is 1. The Kier molecular flexibility index (Phi) is 4.75. The molecule has 0 aliphatic carbocycles. The topological polar surface area (TPSA) is 86.6 Å². The maximum absolute atomic E-state index is 11.9. The Morgan fingerprint density at radius 1 is 1.39 bits per heavy atom. The number of aliphatic hydroxyl groups is 1. The number of carboxylic acids is 1. The van der Waals surface area contributed by atoms with Crippen LogP contribution in [0.3, 0.4) is 0 Å². The van der Waals surface area contributed by atoms with Crippen molar-refractivity contribution in [1.82, 2.24) is 5.32 Å². The number of amides is 1. The molecule has 1 rings (SSSR count).